The van der Waals surface area contributed by atoms with Crippen LogP contribution in [0.1, 0.15) is 54.9 Å². The summed E-state index contributed by atoms with van der Waals surface area (Å²) in [4.78, 5) is 27.3. The molecular formula is C21H35NO5Si. The van der Waals surface area contributed by atoms with E-state index in [0.29, 0.717) is 17.8 Å². The van der Waals surface area contributed by atoms with Crippen LogP contribution in [0.2, 0.25) is 18.1 Å². The van der Waals surface area contributed by atoms with Gasteiger partial charge < -0.3 is 13.9 Å². The highest BCUT2D eigenvalue weighted by molar-refractivity contribution is 6.74. The molecule has 0 N–H and O–H groups in total. The SMILES string of the molecule is COC(=O)C1=C(O[Si](C)(C)C(C)(C)C)C[C@]2(C)C=C[C@H]1N2C(=O)OC(C)(C)C. The van der Waals surface area contributed by atoms with Crippen molar-refractivity contribution in [1.29, 1.82) is 0 Å². The van der Waals surface area contributed by atoms with Crippen molar-refractivity contribution in [2.24, 2.45) is 0 Å². The number of hydrogen-bond acceptors (Lipinski definition) is 5. The number of carbonyl (C=O) groups excluding carboxylic acids is 2. The van der Waals surface area contributed by atoms with Crippen LogP contribution in [-0.4, -0.2) is 49.6 Å². The molecule has 2 rings (SSSR count). The summed E-state index contributed by atoms with van der Waals surface area (Å²) in [6.45, 7) is 18.2. The summed E-state index contributed by atoms with van der Waals surface area (Å²) in [6, 6.07) is -0.555. The van der Waals surface area contributed by atoms with Crippen molar-refractivity contribution >= 4 is 20.4 Å². The van der Waals surface area contributed by atoms with E-state index in [1.165, 1.54) is 7.11 Å². The number of methoxy groups -OCH3 is 1. The van der Waals surface area contributed by atoms with Crippen molar-refractivity contribution < 1.29 is 23.5 Å². The van der Waals surface area contributed by atoms with Crippen LogP contribution < -0.4 is 0 Å². The Labute approximate surface area is 170 Å². The smallest absolute Gasteiger partial charge is 0.411 e. The first-order chi connectivity index (χ1) is 12.5. The van der Waals surface area contributed by atoms with Crippen LogP contribution >= 0.6 is 0 Å². The second kappa shape index (κ2) is 6.93. The minimum atomic E-state index is -2.17. The van der Waals surface area contributed by atoms with E-state index in [0.717, 1.165) is 0 Å². The quantitative estimate of drug-likeness (QED) is 0.381. The van der Waals surface area contributed by atoms with Gasteiger partial charge in [0.2, 0.25) is 8.32 Å². The minimum Gasteiger partial charge on any atom is -0.546 e. The lowest BCUT2D eigenvalue weighted by atomic mass is 9.90. The number of amides is 1. The molecule has 2 bridgehead atoms. The zero-order valence-electron chi connectivity index (χ0n) is 18.9. The Morgan fingerprint density at radius 1 is 1.18 bits per heavy atom. The first-order valence-electron chi connectivity index (χ1n) is 9.74. The van der Waals surface area contributed by atoms with E-state index in [4.69, 9.17) is 13.9 Å². The Balaban J connectivity index is 2.51. The van der Waals surface area contributed by atoms with Crippen molar-refractivity contribution in [3.8, 4) is 0 Å². The molecule has 0 unspecified atom stereocenters. The van der Waals surface area contributed by atoms with E-state index >= 15 is 0 Å². The van der Waals surface area contributed by atoms with Gasteiger partial charge in [-0.05, 0) is 45.8 Å². The molecule has 0 aromatic carbocycles. The second-order valence-corrected chi connectivity index (χ2v) is 15.1. The van der Waals surface area contributed by atoms with Gasteiger partial charge in [0.15, 0.2) is 0 Å². The summed E-state index contributed by atoms with van der Waals surface area (Å²) >= 11 is 0. The van der Waals surface area contributed by atoms with Gasteiger partial charge in [0, 0.05) is 6.42 Å². The minimum absolute atomic E-state index is 0.0170. The van der Waals surface area contributed by atoms with E-state index in [9.17, 15) is 9.59 Å². The van der Waals surface area contributed by atoms with Gasteiger partial charge in [-0.3, -0.25) is 4.90 Å². The molecule has 158 valence electrons. The predicted octanol–water partition coefficient (Wildman–Crippen LogP) is 4.77. The standard InChI is InChI=1S/C21H35NO5Si/c1-19(2,3)26-18(24)22-14-11-12-21(22,7)13-15(16(14)17(23)25-8)27-28(9,10)20(4,5)6/h11-12,14H,13H2,1-10H3/t14-,21+/m1/s1. The lowest BCUT2D eigenvalue weighted by Crippen LogP contribution is -2.56. The first kappa shape index (κ1) is 22.5. The number of nitrogens with zero attached hydrogens (tertiary/aromatic N) is 1. The highest BCUT2D eigenvalue weighted by atomic mass is 28.4. The topological polar surface area (TPSA) is 65.1 Å². The third-order valence-corrected chi connectivity index (χ3v) is 10.1. The van der Waals surface area contributed by atoms with Crippen LogP contribution in [-0.2, 0) is 18.7 Å². The molecule has 6 nitrogen and oxygen atoms in total. The van der Waals surface area contributed by atoms with Gasteiger partial charge in [-0.25, -0.2) is 9.59 Å². The molecule has 0 saturated carbocycles. The van der Waals surface area contributed by atoms with Gasteiger partial charge in [0.1, 0.15) is 5.60 Å². The number of hydrogen-bond donors (Lipinski definition) is 0. The van der Waals surface area contributed by atoms with Gasteiger partial charge in [-0.2, -0.15) is 0 Å². The highest BCUT2D eigenvalue weighted by Crippen LogP contribution is 2.47. The summed E-state index contributed by atoms with van der Waals surface area (Å²) in [5, 5.41) is -0.0170. The number of carbonyl (C=O) groups is 2. The zero-order valence-corrected chi connectivity index (χ0v) is 19.9. The molecule has 0 aromatic rings. The molecule has 0 spiro atoms. The monoisotopic (exact) mass is 409 g/mol. The third kappa shape index (κ3) is 4.14. The Bertz CT molecular complexity index is 726. The molecule has 2 aliphatic heterocycles. The molecular weight excluding hydrogens is 374 g/mol. The van der Waals surface area contributed by atoms with Crippen molar-refractivity contribution in [3.63, 3.8) is 0 Å². The Hall–Kier alpha value is -1.76. The maximum atomic E-state index is 12.9. The van der Waals surface area contributed by atoms with Crippen LogP contribution in [0, 0.1) is 0 Å². The molecule has 2 atom stereocenters. The van der Waals surface area contributed by atoms with Crippen molar-refractivity contribution in [2.45, 2.75) is 90.2 Å². The molecule has 28 heavy (non-hydrogen) atoms. The normalized spacial score (nSPS) is 25.1. The molecule has 0 aromatic heterocycles. The van der Waals surface area contributed by atoms with Gasteiger partial charge in [0.05, 0.1) is 30.0 Å². The summed E-state index contributed by atoms with van der Waals surface area (Å²) in [5.41, 5.74) is -0.841. The fourth-order valence-corrected chi connectivity index (χ4v) is 4.37. The van der Waals surface area contributed by atoms with Crippen LogP contribution in [0.5, 0.6) is 0 Å². The molecule has 0 saturated heterocycles. The van der Waals surface area contributed by atoms with Gasteiger partial charge in [-0.15, -0.1) is 0 Å². The fraction of sp³-hybridized carbons (Fsp3) is 0.714. The van der Waals surface area contributed by atoms with Gasteiger partial charge in [-0.1, -0.05) is 32.9 Å². The number of esters is 1. The molecule has 2 heterocycles. The van der Waals surface area contributed by atoms with Crippen molar-refractivity contribution in [2.75, 3.05) is 7.11 Å². The van der Waals surface area contributed by atoms with Gasteiger partial charge >= 0.3 is 12.1 Å². The average Bonchev–Trinajstić information content (AvgIpc) is 2.73. The van der Waals surface area contributed by atoms with Crippen molar-refractivity contribution in [1.82, 2.24) is 4.90 Å². The molecule has 0 radical (unpaired) electrons. The molecule has 0 fully saturated rings. The summed E-state index contributed by atoms with van der Waals surface area (Å²) < 4.78 is 17.2. The van der Waals surface area contributed by atoms with Crippen LogP contribution in [0.4, 0.5) is 4.79 Å². The fourth-order valence-electron chi connectivity index (χ4n) is 3.27. The van der Waals surface area contributed by atoms with E-state index in [-0.39, 0.29) is 5.04 Å². The Kier molecular flexibility index (Phi) is 5.58. The predicted molar refractivity (Wildman–Crippen MR) is 111 cm³/mol. The van der Waals surface area contributed by atoms with Crippen LogP contribution in [0.3, 0.4) is 0 Å². The number of rotatable bonds is 3. The maximum absolute atomic E-state index is 12.9. The van der Waals surface area contributed by atoms with E-state index in [1.54, 1.807) is 4.90 Å². The van der Waals surface area contributed by atoms with E-state index in [1.807, 2.05) is 39.8 Å². The van der Waals surface area contributed by atoms with Crippen LogP contribution in [0.25, 0.3) is 0 Å². The Morgan fingerprint density at radius 3 is 2.21 bits per heavy atom. The van der Waals surface area contributed by atoms with Crippen LogP contribution in [0.15, 0.2) is 23.5 Å². The van der Waals surface area contributed by atoms with Gasteiger partial charge in [0.25, 0.3) is 0 Å². The number of fused-ring (bicyclic) bond motifs is 2. The second-order valence-electron chi connectivity index (χ2n) is 10.4. The first-order valence-corrected chi connectivity index (χ1v) is 12.7. The lowest BCUT2D eigenvalue weighted by Gasteiger charge is -2.46. The largest absolute Gasteiger partial charge is 0.546 e. The molecule has 2 aliphatic rings. The molecule has 7 heteroatoms. The lowest BCUT2D eigenvalue weighted by molar-refractivity contribution is -0.137. The maximum Gasteiger partial charge on any atom is 0.411 e. The Morgan fingerprint density at radius 2 is 1.75 bits per heavy atom. The van der Waals surface area contributed by atoms with Crippen molar-refractivity contribution in [3.05, 3.63) is 23.5 Å². The van der Waals surface area contributed by atoms with E-state index in [2.05, 4.69) is 33.9 Å². The molecule has 0 aliphatic carbocycles. The third-order valence-electron chi connectivity index (χ3n) is 5.76. The zero-order chi connectivity index (χ0) is 21.7. The average molecular weight is 410 g/mol. The summed E-state index contributed by atoms with van der Waals surface area (Å²) in [7, 11) is -0.822. The summed E-state index contributed by atoms with van der Waals surface area (Å²) in [5.74, 6) is 0.164. The number of ether oxygens (including phenoxy) is 2. The summed E-state index contributed by atoms with van der Waals surface area (Å²) in [6.07, 6.45) is 3.80. The highest BCUT2D eigenvalue weighted by Gasteiger charge is 2.53. The molecule has 1 amide bonds. The van der Waals surface area contributed by atoms with E-state index < -0.39 is 37.6 Å².